The van der Waals surface area contributed by atoms with E-state index in [2.05, 4.69) is 47.4 Å². The number of hydrazone groups is 1. The van der Waals surface area contributed by atoms with Crippen molar-refractivity contribution >= 4 is 50.0 Å². The molecule has 0 fully saturated rings. The van der Waals surface area contributed by atoms with E-state index < -0.39 is 11.9 Å². The van der Waals surface area contributed by atoms with Gasteiger partial charge in [-0.15, -0.1) is 0 Å². The summed E-state index contributed by atoms with van der Waals surface area (Å²) < 4.78 is 12.3. The molecule has 0 aliphatic rings. The van der Waals surface area contributed by atoms with Crippen molar-refractivity contribution in [3.63, 3.8) is 0 Å². The van der Waals surface area contributed by atoms with Crippen molar-refractivity contribution in [1.29, 1.82) is 0 Å². The van der Waals surface area contributed by atoms with Crippen LogP contribution in [0.1, 0.15) is 26.3 Å². The van der Waals surface area contributed by atoms with Crippen molar-refractivity contribution in [3.05, 3.63) is 86.6 Å². The number of pyridine rings is 1. The van der Waals surface area contributed by atoms with Crippen LogP contribution in [0.2, 0.25) is 0 Å². The van der Waals surface area contributed by atoms with E-state index in [-0.39, 0.29) is 5.75 Å². The molecule has 1 heterocycles. The number of amides is 1. The number of nitrogens with zero attached hydrogens (tertiary/aromatic N) is 2. The monoisotopic (exact) mass is 531 g/mol. The molecule has 0 spiro atoms. The Labute approximate surface area is 189 Å². The molecule has 0 unspecified atom stereocenters. The molecule has 0 aliphatic carbocycles. The van der Waals surface area contributed by atoms with Crippen molar-refractivity contribution in [2.45, 2.75) is 0 Å². The minimum Gasteiger partial charge on any atom is -0.493 e. The minimum atomic E-state index is -0.503. The van der Waals surface area contributed by atoms with Gasteiger partial charge in [-0.25, -0.2) is 10.2 Å². The third kappa shape index (κ3) is 5.74. The van der Waals surface area contributed by atoms with Gasteiger partial charge >= 0.3 is 5.97 Å². The predicted octanol–water partition coefficient (Wildman–Crippen LogP) is 4.60. The molecule has 0 atom stereocenters. The lowest BCUT2D eigenvalue weighted by atomic mass is 10.2. The molecule has 30 heavy (non-hydrogen) atoms. The fourth-order valence-corrected chi connectivity index (χ4v) is 2.99. The second kappa shape index (κ2) is 10.1. The van der Waals surface area contributed by atoms with Gasteiger partial charge in [-0.3, -0.25) is 9.78 Å². The lowest BCUT2D eigenvalue weighted by molar-refractivity contribution is 0.0729. The molecule has 152 valence electrons. The maximum atomic E-state index is 12.3. The number of hydrogen-bond donors (Lipinski definition) is 1. The molecule has 3 aromatic rings. The topological polar surface area (TPSA) is 89.9 Å². The number of methoxy groups -OCH3 is 1. The Balaban J connectivity index is 1.67. The van der Waals surface area contributed by atoms with E-state index >= 15 is 0 Å². The third-order valence-electron chi connectivity index (χ3n) is 3.82. The van der Waals surface area contributed by atoms with E-state index in [0.29, 0.717) is 26.9 Å². The number of carbonyl (C=O) groups excluding carboxylic acids is 2. The highest BCUT2D eigenvalue weighted by Gasteiger charge is 2.13. The average Bonchev–Trinajstić information content (AvgIpc) is 2.75. The Kier molecular flexibility index (Phi) is 7.31. The van der Waals surface area contributed by atoms with E-state index in [9.17, 15) is 9.59 Å². The van der Waals surface area contributed by atoms with Crippen LogP contribution in [0.25, 0.3) is 0 Å². The zero-order valence-corrected chi connectivity index (χ0v) is 18.8. The van der Waals surface area contributed by atoms with Gasteiger partial charge < -0.3 is 9.47 Å². The fourth-order valence-electron chi connectivity index (χ4n) is 2.36. The number of nitrogens with one attached hydrogen (secondary N) is 1. The van der Waals surface area contributed by atoms with Crippen LogP contribution in [-0.4, -0.2) is 30.2 Å². The quantitative estimate of drug-likeness (QED) is 0.217. The second-order valence-electron chi connectivity index (χ2n) is 5.90. The zero-order chi connectivity index (χ0) is 21.5. The van der Waals surface area contributed by atoms with E-state index in [4.69, 9.17) is 9.47 Å². The molecule has 1 N–H and O–H groups in total. The summed E-state index contributed by atoms with van der Waals surface area (Å²) in [7, 11) is 1.47. The van der Waals surface area contributed by atoms with Crippen molar-refractivity contribution in [2.75, 3.05) is 7.11 Å². The van der Waals surface area contributed by atoms with Crippen LogP contribution in [0.4, 0.5) is 0 Å². The van der Waals surface area contributed by atoms with Crippen LogP contribution < -0.4 is 14.9 Å². The highest BCUT2D eigenvalue weighted by Crippen LogP contribution is 2.28. The van der Waals surface area contributed by atoms with Crippen LogP contribution in [0.5, 0.6) is 11.5 Å². The highest BCUT2D eigenvalue weighted by atomic mass is 79.9. The SMILES string of the molecule is COc1cc(C=NNC(=O)c2cncc(Br)c2)ccc1OC(=O)c1ccc(Br)cc1. The number of aromatic nitrogens is 1. The van der Waals surface area contributed by atoms with E-state index in [1.54, 1.807) is 54.7 Å². The standard InChI is InChI=1S/C21H15Br2N3O4/c1-29-19-8-13(10-25-26-20(27)15-9-17(23)12-24-11-15)2-7-18(19)30-21(28)14-3-5-16(22)6-4-14/h2-12H,1H3,(H,26,27). The van der Waals surface area contributed by atoms with Gasteiger partial charge in [0.25, 0.3) is 5.91 Å². The number of rotatable bonds is 6. The first-order valence-corrected chi connectivity index (χ1v) is 10.1. The molecular weight excluding hydrogens is 518 g/mol. The molecule has 0 saturated heterocycles. The molecule has 7 nitrogen and oxygen atoms in total. The van der Waals surface area contributed by atoms with Gasteiger partial charge in [-0.1, -0.05) is 15.9 Å². The van der Waals surface area contributed by atoms with Gasteiger partial charge in [0, 0.05) is 21.3 Å². The summed E-state index contributed by atoms with van der Waals surface area (Å²) in [6.45, 7) is 0. The number of hydrogen-bond acceptors (Lipinski definition) is 6. The lowest BCUT2D eigenvalue weighted by Gasteiger charge is -2.10. The summed E-state index contributed by atoms with van der Waals surface area (Å²) in [4.78, 5) is 28.3. The van der Waals surface area contributed by atoms with Crippen molar-refractivity contribution in [1.82, 2.24) is 10.4 Å². The molecule has 0 saturated carbocycles. The maximum Gasteiger partial charge on any atom is 0.343 e. The molecule has 0 radical (unpaired) electrons. The van der Waals surface area contributed by atoms with E-state index in [0.717, 1.165) is 4.47 Å². The highest BCUT2D eigenvalue weighted by molar-refractivity contribution is 9.10. The molecule has 2 aromatic carbocycles. The van der Waals surface area contributed by atoms with Gasteiger partial charge in [0.15, 0.2) is 11.5 Å². The average molecular weight is 533 g/mol. The Morgan fingerprint density at radius 3 is 2.43 bits per heavy atom. The number of benzene rings is 2. The summed E-state index contributed by atoms with van der Waals surface area (Å²) in [5.41, 5.74) is 3.85. The molecule has 3 rings (SSSR count). The Hall–Kier alpha value is -3.04. The first-order valence-electron chi connectivity index (χ1n) is 8.56. The van der Waals surface area contributed by atoms with Crippen molar-refractivity contribution in [2.24, 2.45) is 5.10 Å². The summed E-state index contributed by atoms with van der Waals surface area (Å²) >= 11 is 6.58. The van der Waals surface area contributed by atoms with Gasteiger partial charge in [-0.05, 0) is 70.0 Å². The Bertz CT molecular complexity index is 1100. The number of halogens is 2. The molecule has 1 aromatic heterocycles. The maximum absolute atomic E-state index is 12.3. The summed E-state index contributed by atoms with van der Waals surface area (Å²) in [6, 6.07) is 13.4. The largest absolute Gasteiger partial charge is 0.493 e. The second-order valence-corrected chi connectivity index (χ2v) is 7.73. The van der Waals surface area contributed by atoms with E-state index in [1.165, 1.54) is 19.5 Å². The van der Waals surface area contributed by atoms with Gasteiger partial charge in [0.1, 0.15) is 0 Å². The van der Waals surface area contributed by atoms with Crippen molar-refractivity contribution in [3.8, 4) is 11.5 Å². The van der Waals surface area contributed by atoms with Gasteiger partial charge in [0.2, 0.25) is 0 Å². The molecule has 0 bridgehead atoms. The summed E-state index contributed by atoms with van der Waals surface area (Å²) in [5, 5.41) is 3.93. The summed E-state index contributed by atoms with van der Waals surface area (Å²) in [5.74, 6) is -0.275. The van der Waals surface area contributed by atoms with Crippen LogP contribution in [0.15, 0.2) is 75.0 Å². The lowest BCUT2D eigenvalue weighted by Crippen LogP contribution is -2.17. The van der Waals surface area contributed by atoms with Gasteiger partial charge in [0.05, 0.1) is 24.5 Å². The first kappa shape index (κ1) is 21.7. The molecule has 0 aliphatic heterocycles. The molecule has 1 amide bonds. The molecule has 9 heteroatoms. The summed E-state index contributed by atoms with van der Waals surface area (Å²) in [6.07, 6.45) is 4.47. The number of carbonyl (C=O) groups is 2. The van der Waals surface area contributed by atoms with Crippen LogP contribution in [-0.2, 0) is 0 Å². The third-order valence-corrected chi connectivity index (χ3v) is 4.78. The minimum absolute atomic E-state index is 0.270. The van der Waals surface area contributed by atoms with Crippen LogP contribution in [0.3, 0.4) is 0 Å². The predicted molar refractivity (Wildman–Crippen MR) is 119 cm³/mol. The molecular formula is C21H15Br2N3O4. The Morgan fingerprint density at radius 2 is 1.73 bits per heavy atom. The smallest absolute Gasteiger partial charge is 0.343 e. The Morgan fingerprint density at radius 1 is 0.967 bits per heavy atom. The first-order chi connectivity index (χ1) is 14.5. The number of esters is 1. The van der Waals surface area contributed by atoms with E-state index in [1.807, 2.05) is 0 Å². The van der Waals surface area contributed by atoms with Crippen molar-refractivity contribution < 1.29 is 19.1 Å². The fraction of sp³-hybridized carbons (Fsp3) is 0.0476. The normalized spacial score (nSPS) is 10.6. The zero-order valence-electron chi connectivity index (χ0n) is 15.6. The van der Waals surface area contributed by atoms with Gasteiger partial charge in [-0.2, -0.15) is 5.10 Å². The van der Waals surface area contributed by atoms with Crippen LogP contribution >= 0.6 is 31.9 Å². The number of ether oxygens (including phenoxy) is 2. The van der Waals surface area contributed by atoms with Crippen LogP contribution in [0, 0.1) is 0 Å².